The Kier molecular flexibility index (Phi) is 9.11. The predicted octanol–water partition coefficient (Wildman–Crippen LogP) is 9.19. The zero-order chi connectivity index (χ0) is 22.2. The highest BCUT2D eigenvalue weighted by molar-refractivity contribution is 5.73. The van der Waals surface area contributed by atoms with Crippen LogP contribution >= 0.6 is 0 Å². The Morgan fingerprint density at radius 2 is 1.58 bits per heavy atom. The van der Waals surface area contributed by atoms with Crippen molar-refractivity contribution >= 4 is 5.57 Å². The van der Waals surface area contributed by atoms with Gasteiger partial charge in [-0.3, -0.25) is 4.39 Å². The van der Waals surface area contributed by atoms with Gasteiger partial charge in [-0.2, -0.15) is 0 Å². The van der Waals surface area contributed by atoms with Crippen LogP contribution in [-0.2, 0) is 0 Å². The van der Waals surface area contributed by atoms with Crippen LogP contribution in [0.1, 0.15) is 94.6 Å². The Balaban J connectivity index is 1.52. The van der Waals surface area contributed by atoms with Gasteiger partial charge in [0.05, 0.1) is 6.67 Å². The fourth-order valence-corrected chi connectivity index (χ4v) is 5.57. The molecule has 0 spiro atoms. The maximum atomic E-state index is 14.9. The molecule has 0 nitrogen and oxygen atoms in total. The fraction of sp³-hybridized carbons (Fsp3) is 0.586. The minimum atomic E-state index is -0.289. The van der Waals surface area contributed by atoms with Gasteiger partial charge in [0, 0.05) is 5.56 Å². The van der Waals surface area contributed by atoms with Gasteiger partial charge < -0.3 is 0 Å². The summed E-state index contributed by atoms with van der Waals surface area (Å²) in [6.45, 7) is 10.1. The zero-order valence-corrected chi connectivity index (χ0v) is 19.4. The molecule has 0 heterocycles. The predicted molar refractivity (Wildman–Crippen MR) is 129 cm³/mol. The fourth-order valence-electron chi connectivity index (χ4n) is 5.57. The standard InChI is InChI=1S/C29H40F2/c1-21(6-4-5-19-30)7-10-23(3)28-18-17-27(20-29(28)31)26-15-13-25(14-16-26)24-11-8-22(2)9-12-24/h7,10,17-18,20,22,24-26H,1,3-6,8-9,11-16,19H2,2H3/b10-7-. The van der Waals surface area contributed by atoms with Crippen molar-refractivity contribution in [2.24, 2.45) is 17.8 Å². The van der Waals surface area contributed by atoms with E-state index in [1.54, 1.807) is 6.07 Å². The Bertz CT molecular complexity index is 759. The van der Waals surface area contributed by atoms with Crippen LogP contribution in [0.3, 0.4) is 0 Å². The van der Waals surface area contributed by atoms with Crippen LogP contribution < -0.4 is 0 Å². The highest BCUT2D eigenvalue weighted by atomic mass is 19.1. The monoisotopic (exact) mass is 426 g/mol. The molecule has 3 rings (SSSR count). The normalized spacial score (nSPS) is 26.8. The minimum absolute atomic E-state index is 0.182. The third-order valence-corrected chi connectivity index (χ3v) is 7.71. The molecule has 0 radical (unpaired) electrons. The molecule has 0 unspecified atom stereocenters. The molecule has 0 atom stereocenters. The van der Waals surface area contributed by atoms with Crippen molar-refractivity contribution in [1.82, 2.24) is 0 Å². The number of hydrogen-bond donors (Lipinski definition) is 0. The molecular formula is C29H40F2. The molecule has 2 aliphatic rings. The Labute approximate surface area is 188 Å². The SMILES string of the molecule is C=C(/C=C\C(=C)c1ccc(C2CCC(C3CCC(C)CC3)CC2)cc1F)CCCCF. The van der Waals surface area contributed by atoms with E-state index < -0.39 is 0 Å². The second-order valence-corrected chi connectivity index (χ2v) is 10.0. The largest absolute Gasteiger partial charge is 0.251 e. The molecule has 2 fully saturated rings. The molecule has 0 saturated heterocycles. The van der Waals surface area contributed by atoms with E-state index in [0.29, 0.717) is 23.5 Å². The average molecular weight is 427 g/mol. The molecule has 2 aliphatic carbocycles. The van der Waals surface area contributed by atoms with Crippen molar-refractivity contribution in [3.05, 3.63) is 66.0 Å². The van der Waals surface area contributed by atoms with Crippen LogP contribution in [0.25, 0.3) is 5.57 Å². The Hall–Kier alpha value is -1.70. The van der Waals surface area contributed by atoms with Gasteiger partial charge in [0.25, 0.3) is 0 Å². The molecule has 0 amide bonds. The molecule has 170 valence electrons. The number of hydrogen-bond acceptors (Lipinski definition) is 0. The lowest BCUT2D eigenvalue weighted by atomic mass is 9.68. The van der Waals surface area contributed by atoms with E-state index in [4.69, 9.17) is 0 Å². The van der Waals surface area contributed by atoms with Gasteiger partial charge >= 0.3 is 0 Å². The van der Waals surface area contributed by atoms with Crippen LogP contribution in [0, 0.1) is 23.6 Å². The number of halogens is 2. The highest BCUT2D eigenvalue weighted by Crippen LogP contribution is 2.44. The summed E-state index contributed by atoms with van der Waals surface area (Å²) >= 11 is 0. The van der Waals surface area contributed by atoms with E-state index in [9.17, 15) is 8.78 Å². The van der Waals surface area contributed by atoms with Crippen LogP contribution in [-0.4, -0.2) is 6.67 Å². The number of unbranched alkanes of at least 4 members (excludes halogenated alkanes) is 1. The molecular weight excluding hydrogens is 386 g/mol. The highest BCUT2D eigenvalue weighted by Gasteiger charge is 2.30. The van der Waals surface area contributed by atoms with Gasteiger partial charge in [-0.1, -0.05) is 62.8 Å². The van der Waals surface area contributed by atoms with Crippen molar-refractivity contribution in [2.45, 2.75) is 83.5 Å². The van der Waals surface area contributed by atoms with Gasteiger partial charge in [0.15, 0.2) is 0 Å². The van der Waals surface area contributed by atoms with Gasteiger partial charge in [0.2, 0.25) is 0 Å². The van der Waals surface area contributed by atoms with E-state index >= 15 is 0 Å². The summed E-state index contributed by atoms with van der Waals surface area (Å²) in [4.78, 5) is 0. The number of alkyl halides is 1. The first-order valence-electron chi connectivity index (χ1n) is 12.4. The van der Waals surface area contributed by atoms with E-state index in [1.165, 1.54) is 51.4 Å². The average Bonchev–Trinajstić information content (AvgIpc) is 2.78. The summed E-state index contributed by atoms with van der Waals surface area (Å²) in [5.41, 5.74) is 3.28. The maximum Gasteiger partial charge on any atom is 0.131 e. The molecule has 0 aromatic heterocycles. The van der Waals surface area contributed by atoms with Crippen LogP contribution in [0.15, 0.2) is 49.1 Å². The van der Waals surface area contributed by atoms with E-state index in [2.05, 4.69) is 26.1 Å². The number of allylic oxidation sites excluding steroid dienone is 4. The lowest BCUT2D eigenvalue weighted by Gasteiger charge is -2.37. The quantitative estimate of drug-likeness (QED) is 0.273. The van der Waals surface area contributed by atoms with E-state index in [-0.39, 0.29) is 12.5 Å². The lowest BCUT2D eigenvalue weighted by molar-refractivity contribution is 0.165. The first kappa shape index (κ1) is 24.0. The molecule has 2 saturated carbocycles. The summed E-state index contributed by atoms with van der Waals surface area (Å²) in [5.74, 6) is 3.03. The summed E-state index contributed by atoms with van der Waals surface area (Å²) in [6, 6.07) is 5.72. The molecule has 0 N–H and O–H groups in total. The molecule has 0 aliphatic heterocycles. The molecule has 2 heteroatoms. The molecule has 1 aromatic rings. The third kappa shape index (κ3) is 6.89. The first-order chi connectivity index (χ1) is 15.0. The van der Waals surface area contributed by atoms with Gasteiger partial charge in [-0.15, -0.1) is 0 Å². The summed E-state index contributed by atoms with van der Waals surface area (Å²) in [6.07, 6.45) is 16.4. The minimum Gasteiger partial charge on any atom is -0.251 e. The topological polar surface area (TPSA) is 0 Å². The summed E-state index contributed by atoms with van der Waals surface area (Å²) < 4.78 is 27.1. The van der Waals surface area contributed by atoms with Crippen molar-refractivity contribution in [3.63, 3.8) is 0 Å². The zero-order valence-electron chi connectivity index (χ0n) is 19.4. The maximum absolute atomic E-state index is 14.9. The van der Waals surface area contributed by atoms with Crippen LogP contribution in [0.4, 0.5) is 8.78 Å². The van der Waals surface area contributed by atoms with Crippen LogP contribution in [0.2, 0.25) is 0 Å². The lowest BCUT2D eigenvalue weighted by Crippen LogP contribution is -2.24. The molecule has 31 heavy (non-hydrogen) atoms. The van der Waals surface area contributed by atoms with E-state index in [0.717, 1.165) is 41.7 Å². The summed E-state index contributed by atoms with van der Waals surface area (Å²) in [7, 11) is 0. The second-order valence-electron chi connectivity index (χ2n) is 10.0. The third-order valence-electron chi connectivity index (χ3n) is 7.71. The Morgan fingerprint density at radius 3 is 2.19 bits per heavy atom. The van der Waals surface area contributed by atoms with Crippen molar-refractivity contribution < 1.29 is 8.78 Å². The second kappa shape index (κ2) is 11.8. The first-order valence-corrected chi connectivity index (χ1v) is 12.4. The van der Waals surface area contributed by atoms with E-state index in [1.807, 2.05) is 18.2 Å². The van der Waals surface area contributed by atoms with Gasteiger partial charge in [-0.25, -0.2) is 4.39 Å². The van der Waals surface area contributed by atoms with Crippen molar-refractivity contribution in [2.75, 3.05) is 6.67 Å². The number of benzene rings is 1. The van der Waals surface area contributed by atoms with Crippen molar-refractivity contribution in [1.29, 1.82) is 0 Å². The number of rotatable bonds is 9. The van der Waals surface area contributed by atoms with Crippen molar-refractivity contribution in [3.8, 4) is 0 Å². The summed E-state index contributed by atoms with van der Waals surface area (Å²) in [5, 5.41) is 0. The van der Waals surface area contributed by atoms with Gasteiger partial charge in [0.1, 0.15) is 5.82 Å². The molecule has 1 aromatic carbocycles. The molecule has 0 bridgehead atoms. The van der Waals surface area contributed by atoms with Crippen LogP contribution in [0.5, 0.6) is 0 Å². The Morgan fingerprint density at radius 1 is 0.935 bits per heavy atom. The van der Waals surface area contributed by atoms with Gasteiger partial charge in [-0.05, 0) is 98.7 Å². The smallest absolute Gasteiger partial charge is 0.131 e.